The second kappa shape index (κ2) is 6.57. The van der Waals surface area contributed by atoms with Crippen molar-refractivity contribution in [2.75, 3.05) is 19.8 Å². The molecule has 1 aliphatic rings. The van der Waals surface area contributed by atoms with Crippen LogP contribution in [0, 0.1) is 5.92 Å². The maximum Gasteiger partial charge on any atom is 0.268 e. The molecule has 1 aromatic heterocycles. The number of nitrogens with one attached hydrogen (secondary N) is 1. The zero-order chi connectivity index (χ0) is 13.8. The first kappa shape index (κ1) is 14.6. The molecular weight excluding hydrogens is 308 g/mol. The van der Waals surface area contributed by atoms with Crippen molar-refractivity contribution in [2.45, 2.75) is 32.7 Å². The van der Waals surface area contributed by atoms with Gasteiger partial charge in [-0.3, -0.25) is 4.79 Å². The van der Waals surface area contributed by atoms with Crippen LogP contribution in [0.3, 0.4) is 0 Å². The van der Waals surface area contributed by atoms with E-state index in [1.807, 2.05) is 12.3 Å². The van der Waals surface area contributed by atoms with Crippen LogP contribution in [0.15, 0.2) is 16.7 Å². The third-order valence-corrected chi connectivity index (χ3v) is 3.40. The molecule has 1 saturated carbocycles. The lowest BCUT2D eigenvalue weighted by molar-refractivity contribution is 0.0878. The number of carbonyl (C=O) groups excluding carboxylic acids is 1. The van der Waals surface area contributed by atoms with Crippen LogP contribution in [0.4, 0.5) is 0 Å². The molecule has 1 amide bonds. The fourth-order valence-electron chi connectivity index (χ4n) is 1.93. The predicted octanol–water partition coefficient (Wildman–Crippen LogP) is 2.99. The molecule has 0 aliphatic heterocycles. The van der Waals surface area contributed by atoms with E-state index in [0.29, 0.717) is 25.1 Å². The molecule has 1 heterocycles. The van der Waals surface area contributed by atoms with Crippen LogP contribution in [0.1, 0.15) is 43.2 Å². The highest BCUT2D eigenvalue weighted by atomic mass is 79.9. The number of ether oxygens (including phenoxy) is 1. The molecule has 0 spiro atoms. The van der Waals surface area contributed by atoms with Gasteiger partial charge in [0.2, 0.25) is 0 Å². The first-order valence-electron chi connectivity index (χ1n) is 6.81. The van der Waals surface area contributed by atoms with Crippen molar-refractivity contribution < 1.29 is 9.53 Å². The fourth-order valence-corrected chi connectivity index (χ4v) is 2.37. The Morgan fingerprint density at radius 1 is 1.58 bits per heavy atom. The first-order chi connectivity index (χ1) is 9.08. The molecule has 1 N–H and O–H groups in total. The second-order valence-electron chi connectivity index (χ2n) is 5.41. The molecule has 0 atom stereocenters. The van der Waals surface area contributed by atoms with Gasteiger partial charge in [-0.25, -0.2) is 0 Å². The molecule has 2 rings (SSSR count). The maximum atomic E-state index is 12.1. The van der Waals surface area contributed by atoms with Gasteiger partial charge in [0, 0.05) is 29.9 Å². The number of rotatable bonds is 7. The lowest BCUT2D eigenvalue weighted by Gasteiger charge is -2.10. The van der Waals surface area contributed by atoms with Crippen molar-refractivity contribution in [3.8, 4) is 0 Å². The molecular formula is C14H21BrN2O2. The molecule has 0 radical (unpaired) electrons. The Balaban J connectivity index is 1.79. The number of hydrogen-bond acceptors (Lipinski definition) is 2. The van der Waals surface area contributed by atoms with Gasteiger partial charge in [-0.1, -0.05) is 13.8 Å². The molecule has 106 valence electrons. The van der Waals surface area contributed by atoms with E-state index in [1.54, 1.807) is 0 Å². The van der Waals surface area contributed by atoms with Crippen LogP contribution in [-0.2, 0) is 4.74 Å². The number of nitrogens with zero attached hydrogens (tertiary/aromatic N) is 1. The summed E-state index contributed by atoms with van der Waals surface area (Å²) in [5.41, 5.74) is 0.734. The van der Waals surface area contributed by atoms with E-state index in [2.05, 4.69) is 39.7 Å². The van der Waals surface area contributed by atoms with Crippen LogP contribution in [-0.4, -0.2) is 30.2 Å². The molecule has 1 fully saturated rings. The number of aromatic nitrogens is 1. The summed E-state index contributed by atoms with van der Waals surface area (Å²) in [5, 5.41) is 2.90. The Bertz CT molecular complexity index is 439. The minimum atomic E-state index is -0.0225. The topological polar surface area (TPSA) is 43.3 Å². The highest BCUT2D eigenvalue weighted by molar-refractivity contribution is 9.10. The van der Waals surface area contributed by atoms with Crippen LogP contribution < -0.4 is 5.32 Å². The van der Waals surface area contributed by atoms with Crippen molar-refractivity contribution >= 4 is 21.8 Å². The van der Waals surface area contributed by atoms with Gasteiger partial charge in [0.05, 0.1) is 6.61 Å². The molecule has 1 aromatic rings. The summed E-state index contributed by atoms with van der Waals surface area (Å²) < 4.78 is 8.47. The number of halogens is 1. The summed E-state index contributed by atoms with van der Waals surface area (Å²) in [5.74, 6) is 0.504. The molecule has 5 heteroatoms. The maximum absolute atomic E-state index is 12.1. The number of hydrogen-bond donors (Lipinski definition) is 1. The normalized spacial score (nSPS) is 14.9. The Labute approximate surface area is 122 Å². The molecule has 0 unspecified atom stereocenters. The van der Waals surface area contributed by atoms with E-state index in [-0.39, 0.29) is 5.91 Å². The van der Waals surface area contributed by atoms with E-state index in [9.17, 15) is 4.79 Å². The average Bonchev–Trinajstić information content (AvgIpc) is 3.11. The molecule has 0 aromatic carbocycles. The van der Waals surface area contributed by atoms with Gasteiger partial charge in [0.25, 0.3) is 5.91 Å². The number of amides is 1. The average molecular weight is 329 g/mol. The molecule has 0 bridgehead atoms. The van der Waals surface area contributed by atoms with Gasteiger partial charge >= 0.3 is 0 Å². The van der Waals surface area contributed by atoms with Crippen molar-refractivity contribution in [2.24, 2.45) is 5.92 Å². The van der Waals surface area contributed by atoms with Crippen LogP contribution in [0.2, 0.25) is 0 Å². The van der Waals surface area contributed by atoms with Gasteiger partial charge in [0.1, 0.15) is 5.69 Å². The molecule has 0 saturated heterocycles. The van der Waals surface area contributed by atoms with E-state index < -0.39 is 0 Å². The lowest BCUT2D eigenvalue weighted by Crippen LogP contribution is -2.29. The minimum Gasteiger partial charge on any atom is -0.379 e. The van der Waals surface area contributed by atoms with Gasteiger partial charge < -0.3 is 14.6 Å². The van der Waals surface area contributed by atoms with Crippen LogP contribution in [0.5, 0.6) is 0 Å². The van der Waals surface area contributed by atoms with Gasteiger partial charge in [-0.05, 0) is 40.8 Å². The van der Waals surface area contributed by atoms with Gasteiger partial charge in [-0.15, -0.1) is 0 Å². The third kappa shape index (κ3) is 4.35. The Hall–Kier alpha value is -0.810. The Morgan fingerprint density at radius 2 is 2.32 bits per heavy atom. The predicted molar refractivity (Wildman–Crippen MR) is 78.4 cm³/mol. The van der Waals surface area contributed by atoms with E-state index in [1.165, 1.54) is 12.8 Å². The first-order valence-corrected chi connectivity index (χ1v) is 7.60. The van der Waals surface area contributed by atoms with Crippen molar-refractivity contribution in [1.82, 2.24) is 9.88 Å². The number of carbonyl (C=O) groups is 1. The molecule has 1 aliphatic carbocycles. The standard InChI is InChI=1S/C14H21BrN2O2/c1-10(2)9-19-6-5-16-14(18)13-7-11(15)8-17(13)12-3-4-12/h7-8,10,12H,3-6,9H2,1-2H3,(H,16,18). The Morgan fingerprint density at radius 3 is 2.95 bits per heavy atom. The highest BCUT2D eigenvalue weighted by Crippen LogP contribution is 2.37. The summed E-state index contributed by atoms with van der Waals surface area (Å²) in [4.78, 5) is 12.1. The summed E-state index contributed by atoms with van der Waals surface area (Å²) in [6.07, 6.45) is 4.32. The zero-order valence-electron chi connectivity index (χ0n) is 11.5. The second-order valence-corrected chi connectivity index (χ2v) is 6.32. The highest BCUT2D eigenvalue weighted by Gasteiger charge is 2.27. The quantitative estimate of drug-likeness (QED) is 0.782. The van der Waals surface area contributed by atoms with Gasteiger partial charge in [0.15, 0.2) is 0 Å². The van der Waals surface area contributed by atoms with Gasteiger partial charge in [-0.2, -0.15) is 0 Å². The summed E-state index contributed by atoms with van der Waals surface area (Å²) in [6.45, 7) is 6.07. The third-order valence-electron chi connectivity index (χ3n) is 2.97. The van der Waals surface area contributed by atoms with E-state index in [0.717, 1.165) is 16.8 Å². The monoisotopic (exact) mass is 328 g/mol. The van der Waals surface area contributed by atoms with Crippen molar-refractivity contribution in [1.29, 1.82) is 0 Å². The minimum absolute atomic E-state index is 0.0225. The van der Waals surface area contributed by atoms with Crippen LogP contribution >= 0.6 is 15.9 Å². The Kier molecular flexibility index (Phi) is 5.05. The fraction of sp³-hybridized carbons (Fsp3) is 0.643. The SMILES string of the molecule is CC(C)COCCNC(=O)c1cc(Br)cn1C1CC1. The zero-order valence-corrected chi connectivity index (χ0v) is 13.1. The smallest absolute Gasteiger partial charge is 0.268 e. The largest absolute Gasteiger partial charge is 0.379 e. The van der Waals surface area contributed by atoms with E-state index >= 15 is 0 Å². The summed E-state index contributed by atoms with van der Waals surface area (Å²) in [6, 6.07) is 2.38. The van der Waals surface area contributed by atoms with Crippen LogP contribution in [0.25, 0.3) is 0 Å². The van der Waals surface area contributed by atoms with E-state index in [4.69, 9.17) is 4.74 Å². The van der Waals surface area contributed by atoms with Crippen molar-refractivity contribution in [3.63, 3.8) is 0 Å². The lowest BCUT2D eigenvalue weighted by atomic mass is 10.2. The molecule has 4 nitrogen and oxygen atoms in total. The summed E-state index contributed by atoms with van der Waals surface area (Å²) in [7, 11) is 0. The molecule has 19 heavy (non-hydrogen) atoms. The van der Waals surface area contributed by atoms with Crippen molar-refractivity contribution in [3.05, 3.63) is 22.4 Å². The summed E-state index contributed by atoms with van der Waals surface area (Å²) >= 11 is 3.43.